The molecule has 0 saturated heterocycles. The van der Waals surface area contributed by atoms with Crippen LogP contribution >= 0.6 is 23.2 Å². The number of sulfonamides is 1. The van der Waals surface area contributed by atoms with Gasteiger partial charge in [0.15, 0.2) is 11.5 Å². The van der Waals surface area contributed by atoms with Crippen molar-refractivity contribution in [2.45, 2.75) is 52.2 Å². The quantitative estimate of drug-likeness (QED) is 0.370. The topological polar surface area (TPSA) is 105 Å². The number of ether oxygens (including phenoxy) is 2. The van der Waals surface area contributed by atoms with Gasteiger partial charge < -0.3 is 19.7 Å². The van der Waals surface area contributed by atoms with Crippen LogP contribution in [0, 0.1) is 0 Å². The van der Waals surface area contributed by atoms with Gasteiger partial charge in [-0.25, -0.2) is 8.42 Å². The number of hydrogen-bond donors (Lipinski definition) is 1. The summed E-state index contributed by atoms with van der Waals surface area (Å²) in [6.07, 6.45) is 2.03. The van der Waals surface area contributed by atoms with Crippen LogP contribution in [0.5, 0.6) is 11.5 Å². The van der Waals surface area contributed by atoms with E-state index in [2.05, 4.69) is 5.32 Å². The molecule has 1 N–H and O–H groups in total. The van der Waals surface area contributed by atoms with Gasteiger partial charge in [0.1, 0.15) is 12.6 Å². The molecular weight excluding hydrogens is 553 g/mol. The molecule has 0 aliphatic heterocycles. The minimum absolute atomic E-state index is 0.0195. The van der Waals surface area contributed by atoms with E-state index >= 15 is 0 Å². The Hall–Kier alpha value is -2.69. The lowest BCUT2D eigenvalue weighted by atomic mass is 10.1. The van der Waals surface area contributed by atoms with Crippen LogP contribution in [0.2, 0.25) is 10.0 Å². The molecular formula is C26H35Cl2N3O6S. The number of benzene rings is 2. The van der Waals surface area contributed by atoms with E-state index in [9.17, 15) is 18.0 Å². The minimum Gasteiger partial charge on any atom is -0.493 e. The zero-order valence-corrected chi connectivity index (χ0v) is 24.8. The average Bonchev–Trinajstić information content (AvgIpc) is 2.87. The Morgan fingerprint density at radius 2 is 1.63 bits per heavy atom. The van der Waals surface area contributed by atoms with E-state index in [1.807, 2.05) is 13.8 Å². The van der Waals surface area contributed by atoms with Gasteiger partial charge in [0.2, 0.25) is 21.8 Å². The highest BCUT2D eigenvalue weighted by molar-refractivity contribution is 7.92. The molecule has 9 nitrogen and oxygen atoms in total. The van der Waals surface area contributed by atoms with E-state index < -0.39 is 28.5 Å². The fourth-order valence-corrected chi connectivity index (χ4v) is 4.95. The number of amides is 2. The van der Waals surface area contributed by atoms with E-state index in [-0.39, 0.29) is 24.2 Å². The number of hydrogen-bond acceptors (Lipinski definition) is 6. The van der Waals surface area contributed by atoms with Crippen LogP contribution in [-0.2, 0) is 26.2 Å². The molecule has 2 atom stereocenters. The SMILES string of the molecule is CC[C@@H](C)NC(=O)[C@H](CC)N(Cc1ccc(Cl)c(Cl)c1)C(=O)CN(c1ccc(OC)c(OC)c1)S(C)(=O)=O. The second kappa shape index (κ2) is 13.9. The molecule has 2 amide bonds. The molecule has 2 aromatic carbocycles. The van der Waals surface area contributed by atoms with Crippen molar-refractivity contribution in [2.75, 3.05) is 31.3 Å². The molecule has 0 spiro atoms. The fourth-order valence-electron chi connectivity index (χ4n) is 3.79. The lowest BCUT2D eigenvalue weighted by molar-refractivity contribution is -0.140. The first-order valence-electron chi connectivity index (χ1n) is 12.1. The van der Waals surface area contributed by atoms with E-state index in [0.717, 1.165) is 10.6 Å². The van der Waals surface area contributed by atoms with E-state index in [1.165, 1.54) is 31.3 Å². The molecule has 0 aliphatic carbocycles. The molecule has 0 unspecified atom stereocenters. The third-order valence-electron chi connectivity index (χ3n) is 6.06. The fraction of sp³-hybridized carbons (Fsp3) is 0.462. The molecule has 0 saturated carbocycles. The van der Waals surface area contributed by atoms with E-state index in [4.69, 9.17) is 32.7 Å². The van der Waals surface area contributed by atoms with Crippen molar-refractivity contribution in [3.63, 3.8) is 0 Å². The highest BCUT2D eigenvalue weighted by Crippen LogP contribution is 2.32. The maximum atomic E-state index is 13.8. The predicted octanol–water partition coefficient (Wildman–Crippen LogP) is 4.50. The Morgan fingerprint density at radius 1 is 0.974 bits per heavy atom. The normalized spacial score (nSPS) is 12.8. The van der Waals surface area contributed by atoms with Crippen LogP contribution in [0.4, 0.5) is 5.69 Å². The zero-order valence-electron chi connectivity index (χ0n) is 22.5. The van der Waals surface area contributed by atoms with E-state index in [1.54, 1.807) is 31.2 Å². The van der Waals surface area contributed by atoms with Gasteiger partial charge in [-0.3, -0.25) is 13.9 Å². The van der Waals surface area contributed by atoms with Gasteiger partial charge in [0, 0.05) is 18.7 Å². The summed E-state index contributed by atoms with van der Waals surface area (Å²) in [4.78, 5) is 28.4. The van der Waals surface area contributed by atoms with Gasteiger partial charge in [-0.1, -0.05) is 43.1 Å². The van der Waals surface area contributed by atoms with Crippen molar-refractivity contribution >= 4 is 50.7 Å². The van der Waals surface area contributed by atoms with Gasteiger partial charge >= 0.3 is 0 Å². The number of methoxy groups -OCH3 is 2. The maximum absolute atomic E-state index is 13.8. The van der Waals surface area contributed by atoms with Crippen LogP contribution in [-0.4, -0.2) is 64.2 Å². The maximum Gasteiger partial charge on any atom is 0.244 e. The van der Waals surface area contributed by atoms with Gasteiger partial charge in [-0.2, -0.15) is 0 Å². The van der Waals surface area contributed by atoms with Gasteiger partial charge in [-0.05, 0) is 49.6 Å². The first kappa shape index (κ1) is 31.5. The molecule has 0 fully saturated rings. The number of rotatable bonds is 13. The second-order valence-corrected chi connectivity index (χ2v) is 11.5. The second-order valence-electron chi connectivity index (χ2n) is 8.82. The number of carbonyl (C=O) groups is 2. The summed E-state index contributed by atoms with van der Waals surface area (Å²) in [6.45, 7) is 5.09. The van der Waals surface area contributed by atoms with Crippen LogP contribution in [0.3, 0.4) is 0 Å². The molecule has 0 aromatic heterocycles. The summed E-state index contributed by atoms with van der Waals surface area (Å²) in [5, 5.41) is 3.58. The summed E-state index contributed by atoms with van der Waals surface area (Å²) in [5.41, 5.74) is 0.852. The lowest BCUT2D eigenvalue weighted by Crippen LogP contribution is -2.53. The molecule has 2 aromatic rings. The number of carbonyl (C=O) groups excluding carboxylic acids is 2. The third kappa shape index (κ3) is 8.15. The highest BCUT2D eigenvalue weighted by atomic mass is 35.5. The first-order valence-corrected chi connectivity index (χ1v) is 14.7. The predicted molar refractivity (Wildman–Crippen MR) is 151 cm³/mol. The molecule has 0 heterocycles. The van der Waals surface area contributed by atoms with Crippen molar-refractivity contribution in [3.05, 3.63) is 52.0 Å². The molecule has 38 heavy (non-hydrogen) atoms. The Morgan fingerprint density at radius 3 is 2.16 bits per heavy atom. The molecule has 2 rings (SSSR count). The Labute approximate surface area is 235 Å². The minimum atomic E-state index is -3.90. The zero-order chi connectivity index (χ0) is 28.6. The van der Waals surface area contributed by atoms with Crippen molar-refractivity contribution in [1.29, 1.82) is 0 Å². The average molecular weight is 589 g/mol. The third-order valence-corrected chi connectivity index (χ3v) is 7.94. The van der Waals surface area contributed by atoms with Gasteiger partial charge in [0.05, 0.1) is 36.2 Å². The van der Waals surface area contributed by atoms with E-state index in [0.29, 0.717) is 39.9 Å². The Bertz CT molecular complexity index is 1240. The standard InChI is InChI=1S/C26H35Cl2N3O6S/c1-7-17(3)29-26(33)22(8-2)30(15-18-9-11-20(27)21(28)13-18)25(32)16-31(38(6,34)35)19-10-12-23(36-4)24(14-19)37-5/h9-14,17,22H,7-8,15-16H2,1-6H3,(H,29,33)/t17-,22+/m1/s1. The molecule has 0 aliphatic rings. The number of halogens is 2. The monoisotopic (exact) mass is 587 g/mol. The lowest BCUT2D eigenvalue weighted by Gasteiger charge is -2.33. The summed E-state index contributed by atoms with van der Waals surface area (Å²) in [6, 6.07) is 8.53. The first-order chi connectivity index (χ1) is 17.9. The Kier molecular flexibility index (Phi) is 11.5. The van der Waals surface area contributed by atoms with Crippen LogP contribution in [0.25, 0.3) is 0 Å². The number of nitrogens with one attached hydrogen (secondary N) is 1. The Balaban J connectivity index is 2.51. The van der Waals surface area contributed by atoms with Crippen LogP contribution < -0.4 is 19.1 Å². The molecule has 210 valence electrons. The summed E-state index contributed by atoms with van der Waals surface area (Å²) < 4.78 is 37.1. The largest absolute Gasteiger partial charge is 0.493 e. The summed E-state index contributed by atoms with van der Waals surface area (Å²) >= 11 is 12.3. The van der Waals surface area contributed by atoms with Gasteiger partial charge in [-0.15, -0.1) is 0 Å². The molecule has 0 radical (unpaired) electrons. The van der Waals surface area contributed by atoms with Crippen molar-refractivity contribution in [2.24, 2.45) is 0 Å². The van der Waals surface area contributed by atoms with Crippen LogP contribution in [0.1, 0.15) is 39.2 Å². The molecule has 12 heteroatoms. The van der Waals surface area contributed by atoms with Gasteiger partial charge in [0.25, 0.3) is 0 Å². The van der Waals surface area contributed by atoms with Crippen molar-refractivity contribution in [1.82, 2.24) is 10.2 Å². The summed E-state index contributed by atoms with van der Waals surface area (Å²) in [5.74, 6) is -0.183. The molecule has 0 bridgehead atoms. The smallest absolute Gasteiger partial charge is 0.244 e. The van der Waals surface area contributed by atoms with Crippen LogP contribution in [0.15, 0.2) is 36.4 Å². The summed E-state index contributed by atoms with van der Waals surface area (Å²) in [7, 11) is -1.01. The van der Waals surface area contributed by atoms with Crippen molar-refractivity contribution < 1.29 is 27.5 Å². The highest BCUT2D eigenvalue weighted by Gasteiger charge is 2.32. The van der Waals surface area contributed by atoms with Crippen molar-refractivity contribution in [3.8, 4) is 11.5 Å². The number of nitrogens with zero attached hydrogens (tertiary/aromatic N) is 2. The number of anilines is 1.